The van der Waals surface area contributed by atoms with Gasteiger partial charge < -0.3 is 15.4 Å². The molecule has 1 saturated carbocycles. The van der Waals surface area contributed by atoms with Gasteiger partial charge in [0.25, 0.3) is 0 Å². The Hall–Kier alpha value is -2.19. The summed E-state index contributed by atoms with van der Waals surface area (Å²) in [7, 11) is 5.04. The van der Waals surface area contributed by atoms with Gasteiger partial charge in [-0.15, -0.1) is 0 Å². The van der Waals surface area contributed by atoms with E-state index in [2.05, 4.69) is 10.6 Å². The summed E-state index contributed by atoms with van der Waals surface area (Å²) < 4.78 is 0. The molecule has 2 unspecified atom stereocenters. The smallest absolute Gasteiger partial charge is 0.236 e. The topological polar surface area (TPSA) is 113 Å². The number of imide groups is 1. The lowest BCUT2D eigenvalue weighted by Crippen LogP contribution is -2.56. The van der Waals surface area contributed by atoms with E-state index in [1.54, 1.807) is 0 Å². The predicted molar refractivity (Wildman–Crippen MR) is 111 cm³/mol. The Morgan fingerprint density at radius 1 is 1.13 bits per heavy atom. The second-order valence-electron chi connectivity index (χ2n) is 8.48. The summed E-state index contributed by atoms with van der Waals surface area (Å²) in [5, 5.41) is 5.23. The summed E-state index contributed by atoms with van der Waals surface area (Å²) in [4.78, 5) is 61.5. The molecule has 4 amide bonds. The van der Waals surface area contributed by atoms with Crippen molar-refractivity contribution in [3.63, 3.8) is 0 Å². The molecule has 2 N–H and O–H groups in total. The third-order valence-electron chi connectivity index (χ3n) is 6.45. The Kier molecular flexibility index (Phi) is 8.61. The predicted octanol–water partition coefficient (Wildman–Crippen LogP) is 0.676. The minimum absolute atomic E-state index is 0.0587. The van der Waals surface area contributed by atoms with Crippen LogP contribution in [0.15, 0.2) is 0 Å². The maximum atomic E-state index is 12.5. The van der Waals surface area contributed by atoms with Crippen molar-refractivity contribution in [1.82, 2.24) is 15.5 Å². The first-order chi connectivity index (χ1) is 14.2. The maximum absolute atomic E-state index is 12.5. The Labute approximate surface area is 179 Å². The molecule has 1 aliphatic heterocycles. The zero-order valence-corrected chi connectivity index (χ0v) is 18.0. The van der Waals surface area contributed by atoms with Crippen molar-refractivity contribution in [2.24, 2.45) is 17.3 Å². The maximum Gasteiger partial charge on any atom is 0.236 e. The number of unbranched alkanes of at least 4 members (excludes halogenated alkanes) is 2. The van der Waals surface area contributed by atoms with Gasteiger partial charge in [0.15, 0.2) is 7.85 Å². The van der Waals surface area contributed by atoms with Crippen molar-refractivity contribution in [3.8, 4) is 0 Å². The first-order valence-electron chi connectivity index (χ1n) is 10.9. The van der Waals surface area contributed by atoms with E-state index in [0.717, 1.165) is 19.3 Å². The van der Waals surface area contributed by atoms with E-state index in [1.165, 1.54) is 4.90 Å². The van der Waals surface area contributed by atoms with E-state index in [-0.39, 0.29) is 36.1 Å². The van der Waals surface area contributed by atoms with Crippen molar-refractivity contribution in [2.45, 2.75) is 65.2 Å². The van der Waals surface area contributed by atoms with Gasteiger partial charge in [0, 0.05) is 25.4 Å². The zero-order chi connectivity index (χ0) is 22.3. The van der Waals surface area contributed by atoms with Crippen LogP contribution >= 0.6 is 0 Å². The summed E-state index contributed by atoms with van der Waals surface area (Å²) in [6.07, 6.45) is 5.02. The standard InChI is InChI=1S/C21H32BN3O5/c1-3-14(2)15-12-17(27)25(18(15)28)11-6-4-5-10-23-19(29)21(8-7-9-21)20(30)24-13-16(22)26/h14-15H,3-13H2,1-2H3,(H,23,29)(H,24,30). The summed E-state index contributed by atoms with van der Waals surface area (Å²) in [6.45, 7) is 4.58. The lowest BCUT2D eigenvalue weighted by Gasteiger charge is -2.38. The Morgan fingerprint density at radius 3 is 2.37 bits per heavy atom. The van der Waals surface area contributed by atoms with Crippen molar-refractivity contribution in [3.05, 3.63) is 0 Å². The minimum atomic E-state index is -1.10. The molecule has 1 aliphatic carbocycles. The number of amides is 4. The molecule has 0 aromatic heterocycles. The molecule has 0 spiro atoms. The van der Waals surface area contributed by atoms with Gasteiger partial charge in [-0.05, 0) is 38.0 Å². The van der Waals surface area contributed by atoms with Crippen molar-refractivity contribution in [2.75, 3.05) is 19.6 Å². The Balaban J connectivity index is 1.68. The van der Waals surface area contributed by atoms with Gasteiger partial charge >= 0.3 is 0 Å². The van der Waals surface area contributed by atoms with Gasteiger partial charge in [0.1, 0.15) is 5.41 Å². The number of rotatable bonds is 12. The minimum Gasteiger partial charge on any atom is -0.355 e. The second kappa shape index (κ2) is 10.7. The Bertz CT molecular complexity index is 692. The second-order valence-corrected chi connectivity index (χ2v) is 8.48. The number of carbonyl (C=O) groups excluding carboxylic acids is 5. The van der Waals surface area contributed by atoms with Gasteiger partial charge in [-0.1, -0.05) is 26.7 Å². The number of hydrogen-bond donors (Lipinski definition) is 2. The fourth-order valence-electron chi connectivity index (χ4n) is 4.04. The average molecular weight is 417 g/mol. The molecule has 164 valence electrons. The lowest BCUT2D eigenvalue weighted by molar-refractivity contribution is -0.150. The van der Waals surface area contributed by atoms with Crippen molar-refractivity contribution < 1.29 is 24.0 Å². The van der Waals surface area contributed by atoms with Crippen molar-refractivity contribution in [1.29, 1.82) is 0 Å². The van der Waals surface area contributed by atoms with Crippen LogP contribution in [0.5, 0.6) is 0 Å². The van der Waals surface area contributed by atoms with Crippen LogP contribution in [-0.2, 0) is 24.0 Å². The molecule has 30 heavy (non-hydrogen) atoms. The summed E-state index contributed by atoms with van der Waals surface area (Å²) in [5.41, 5.74) is -1.75. The number of hydrogen-bond acceptors (Lipinski definition) is 5. The number of carbonyl (C=O) groups is 5. The highest BCUT2D eigenvalue weighted by atomic mass is 16.2. The van der Waals surface area contributed by atoms with E-state index in [0.29, 0.717) is 45.2 Å². The van der Waals surface area contributed by atoms with Crippen LogP contribution in [0.25, 0.3) is 0 Å². The normalized spacial score (nSPS) is 21.1. The molecular weight excluding hydrogens is 385 g/mol. The summed E-state index contributed by atoms with van der Waals surface area (Å²) in [5.74, 6) is -0.908. The highest BCUT2D eigenvalue weighted by Gasteiger charge is 2.50. The van der Waals surface area contributed by atoms with Crippen LogP contribution in [0.2, 0.25) is 0 Å². The molecule has 0 aromatic carbocycles. The van der Waals surface area contributed by atoms with E-state index in [9.17, 15) is 24.0 Å². The van der Waals surface area contributed by atoms with Gasteiger partial charge in [-0.3, -0.25) is 24.1 Å². The summed E-state index contributed by atoms with van der Waals surface area (Å²) >= 11 is 0. The van der Waals surface area contributed by atoms with Gasteiger partial charge in [-0.2, -0.15) is 0 Å². The molecule has 8 nitrogen and oxygen atoms in total. The van der Waals surface area contributed by atoms with Crippen LogP contribution in [0, 0.1) is 17.3 Å². The van der Waals surface area contributed by atoms with Crippen molar-refractivity contribution >= 4 is 37.2 Å². The molecule has 9 heteroatoms. The molecule has 0 bridgehead atoms. The SMILES string of the molecule is [B]C(=O)CNC(=O)C1(C(=O)NCCCCCN2C(=O)CC(C(C)CC)C2=O)CCC1. The van der Waals surface area contributed by atoms with Gasteiger partial charge in [-0.25, -0.2) is 0 Å². The molecule has 0 aromatic rings. The molecule has 2 aliphatic rings. The average Bonchev–Trinajstić information content (AvgIpc) is 2.95. The molecule has 2 fully saturated rings. The van der Waals surface area contributed by atoms with E-state index < -0.39 is 17.0 Å². The first kappa shape index (κ1) is 24.1. The monoisotopic (exact) mass is 417 g/mol. The molecule has 1 saturated heterocycles. The van der Waals surface area contributed by atoms with Gasteiger partial charge in [0.05, 0.1) is 12.2 Å². The highest BCUT2D eigenvalue weighted by molar-refractivity contribution is 6.58. The molecule has 2 rings (SSSR count). The first-order valence-corrected chi connectivity index (χ1v) is 10.9. The lowest BCUT2D eigenvalue weighted by atomic mass is 9.67. The molecule has 1 heterocycles. The van der Waals surface area contributed by atoms with Crippen LogP contribution in [0.3, 0.4) is 0 Å². The fraction of sp³-hybridized carbons (Fsp3) is 0.762. The number of nitrogens with zero attached hydrogens (tertiary/aromatic N) is 1. The van der Waals surface area contributed by atoms with Crippen LogP contribution in [-0.4, -0.2) is 61.7 Å². The zero-order valence-electron chi connectivity index (χ0n) is 18.0. The van der Waals surface area contributed by atoms with Crippen LogP contribution < -0.4 is 10.6 Å². The van der Waals surface area contributed by atoms with Crippen LogP contribution in [0.1, 0.15) is 65.2 Å². The largest absolute Gasteiger partial charge is 0.355 e. The van der Waals surface area contributed by atoms with E-state index >= 15 is 0 Å². The van der Waals surface area contributed by atoms with E-state index in [4.69, 9.17) is 7.85 Å². The fourth-order valence-corrected chi connectivity index (χ4v) is 4.04. The summed E-state index contributed by atoms with van der Waals surface area (Å²) in [6, 6.07) is 0. The molecular formula is C21H32BN3O5. The highest BCUT2D eigenvalue weighted by Crippen LogP contribution is 2.41. The quantitative estimate of drug-likeness (QED) is 0.210. The van der Waals surface area contributed by atoms with Crippen LogP contribution in [0.4, 0.5) is 0 Å². The van der Waals surface area contributed by atoms with E-state index in [1.807, 2.05) is 13.8 Å². The number of likely N-dealkylation sites (tertiary alicyclic amines) is 1. The van der Waals surface area contributed by atoms with Gasteiger partial charge in [0.2, 0.25) is 23.6 Å². The third kappa shape index (κ3) is 5.49. The Morgan fingerprint density at radius 2 is 1.80 bits per heavy atom. The molecule has 2 radical (unpaired) electrons. The third-order valence-corrected chi connectivity index (χ3v) is 6.45. The number of nitrogens with one attached hydrogen (secondary N) is 2. The molecule has 2 atom stereocenters.